The Kier molecular flexibility index (Phi) is 5.22. The third-order valence-electron chi connectivity index (χ3n) is 3.11. The number of halogens is 1. The second-order valence-electron chi connectivity index (χ2n) is 5.11. The first-order valence-corrected chi connectivity index (χ1v) is 7.21. The molecule has 1 unspecified atom stereocenters. The average molecular weight is 307 g/mol. The highest BCUT2D eigenvalue weighted by Gasteiger charge is 2.08. The molecule has 0 saturated heterocycles. The molecule has 2 amide bonds. The molecule has 2 aromatic rings. The molecule has 0 aliphatic rings. The standard InChI is InChI=1S/C15H19ClN4O/c1-11(10-20-12(2)6-7-18-20)9-17-15(21)19-14-5-3-4-13(16)8-14/h3-8,11H,9-10H2,1-2H3,(H2,17,19,21). The zero-order valence-corrected chi connectivity index (χ0v) is 12.9. The Morgan fingerprint density at radius 1 is 1.43 bits per heavy atom. The van der Waals surface area contributed by atoms with Crippen LogP contribution >= 0.6 is 11.6 Å². The number of hydrogen-bond donors (Lipinski definition) is 2. The first kappa shape index (κ1) is 15.4. The summed E-state index contributed by atoms with van der Waals surface area (Å²) in [5.74, 6) is 0.286. The average Bonchev–Trinajstić information content (AvgIpc) is 2.82. The highest BCUT2D eigenvalue weighted by atomic mass is 35.5. The van der Waals surface area contributed by atoms with Crippen LogP contribution in [0.25, 0.3) is 0 Å². The van der Waals surface area contributed by atoms with Crippen molar-refractivity contribution in [1.82, 2.24) is 15.1 Å². The molecule has 0 aliphatic carbocycles. The number of urea groups is 1. The molecule has 0 bridgehead atoms. The van der Waals surface area contributed by atoms with Gasteiger partial charge < -0.3 is 10.6 Å². The lowest BCUT2D eigenvalue weighted by Crippen LogP contribution is -2.33. The van der Waals surface area contributed by atoms with Gasteiger partial charge in [0, 0.05) is 35.7 Å². The number of hydrogen-bond acceptors (Lipinski definition) is 2. The quantitative estimate of drug-likeness (QED) is 0.890. The summed E-state index contributed by atoms with van der Waals surface area (Å²) in [6.45, 7) is 5.43. The van der Waals surface area contributed by atoms with Gasteiger partial charge in [0.15, 0.2) is 0 Å². The van der Waals surface area contributed by atoms with Crippen LogP contribution < -0.4 is 10.6 Å². The number of nitrogens with zero attached hydrogens (tertiary/aromatic N) is 2. The Morgan fingerprint density at radius 2 is 2.24 bits per heavy atom. The van der Waals surface area contributed by atoms with E-state index in [0.29, 0.717) is 17.3 Å². The van der Waals surface area contributed by atoms with Crippen molar-refractivity contribution < 1.29 is 4.79 Å². The number of anilines is 1. The van der Waals surface area contributed by atoms with Crippen molar-refractivity contribution in [3.8, 4) is 0 Å². The van der Waals surface area contributed by atoms with Crippen LogP contribution in [0, 0.1) is 12.8 Å². The molecule has 0 fully saturated rings. The molecule has 5 nitrogen and oxygen atoms in total. The maximum absolute atomic E-state index is 11.8. The van der Waals surface area contributed by atoms with Gasteiger partial charge in [0.25, 0.3) is 0 Å². The molecular formula is C15H19ClN4O. The van der Waals surface area contributed by atoms with Gasteiger partial charge >= 0.3 is 6.03 Å². The van der Waals surface area contributed by atoms with Crippen molar-refractivity contribution in [2.75, 3.05) is 11.9 Å². The van der Waals surface area contributed by atoms with Gasteiger partial charge in [0.2, 0.25) is 0 Å². The lowest BCUT2D eigenvalue weighted by molar-refractivity contribution is 0.249. The number of carbonyl (C=O) groups excluding carboxylic acids is 1. The molecule has 1 aromatic carbocycles. The smallest absolute Gasteiger partial charge is 0.319 e. The Morgan fingerprint density at radius 3 is 2.90 bits per heavy atom. The van der Waals surface area contributed by atoms with E-state index in [1.54, 1.807) is 30.5 Å². The second-order valence-corrected chi connectivity index (χ2v) is 5.54. The summed E-state index contributed by atoms with van der Waals surface area (Å²) in [6.07, 6.45) is 1.78. The maximum atomic E-state index is 11.8. The zero-order chi connectivity index (χ0) is 15.2. The lowest BCUT2D eigenvalue weighted by Gasteiger charge is -2.14. The van der Waals surface area contributed by atoms with Crippen molar-refractivity contribution >= 4 is 23.3 Å². The first-order chi connectivity index (χ1) is 10.0. The summed E-state index contributed by atoms with van der Waals surface area (Å²) < 4.78 is 1.93. The van der Waals surface area contributed by atoms with E-state index >= 15 is 0 Å². The van der Waals surface area contributed by atoms with Gasteiger partial charge in [-0.2, -0.15) is 5.10 Å². The number of nitrogens with one attached hydrogen (secondary N) is 2. The topological polar surface area (TPSA) is 59.0 Å². The van der Waals surface area contributed by atoms with E-state index in [2.05, 4.69) is 22.7 Å². The summed E-state index contributed by atoms with van der Waals surface area (Å²) in [5, 5.41) is 10.4. The fourth-order valence-electron chi connectivity index (χ4n) is 1.96. The Balaban J connectivity index is 1.77. The van der Waals surface area contributed by atoms with Crippen molar-refractivity contribution in [3.05, 3.63) is 47.2 Å². The minimum Gasteiger partial charge on any atom is -0.338 e. The lowest BCUT2D eigenvalue weighted by atomic mass is 10.2. The van der Waals surface area contributed by atoms with Crippen LogP contribution in [0.5, 0.6) is 0 Å². The minimum atomic E-state index is -0.235. The van der Waals surface area contributed by atoms with Gasteiger partial charge in [0.05, 0.1) is 0 Å². The molecule has 1 aromatic heterocycles. The molecule has 21 heavy (non-hydrogen) atoms. The Hall–Kier alpha value is -2.01. The zero-order valence-electron chi connectivity index (χ0n) is 12.1. The van der Waals surface area contributed by atoms with Gasteiger partial charge in [-0.15, -0.1) is 0 Å². The molecular weight excluding hydrogens is 288 g/mol. The van der Waals surface area contributed by atoms with E-state index < -0.39 is 0 Å². The predicted octanol–water partition coefficient (Wildman–Crippen LogP) is 3.30. The third kappa shape index (κ3) is 4.79. The van der Waals surface area contributed by atoms with Gasteiger partial charge in [-0.1, -0.05) is 24.6 Å². The second kappa shape index (κ2) is 7.13. The minimum absolute atomic E-state index is 0.235. The number of aromatic nitrogens is 2. The van der Waals surface area contributed by atoms with Crippen LogP contribution in [0.15, 0.2) is 36.5 Å². The molecule has 2 rings (SSSR count). The van der Waals surface area contributed by atoms with Crippen molar-refractivity contribution in [3.63, 3.8) is 0 Å². The van der Waals surface area contributed by atoms with Crippen LogP contribution in [-0.2, 0) is 6.54 Å². The summed E-state index contributed by atoms with van der Waals surface area (Å²) in [7, 11) is 0. The summed E-state index contributed by atoms with van der Waals surface area (Å²) in [6, 6.07) is 8.78. The Labute approximate surface area is 129 Å². The molecule has 0 saturated carbocycles. The van der Waals surface area contributed by atoms with E-state index in [0.717, 1.165) is 12.2 Å². The summed E-state index contributed by atoms with van der Waals surface area (Å²) in [5.41, 5.74) is 1.79. The van der Waals surface area contributed by atoms with Crippen LogP contribution in [-0.4, -0.2) is 22.4 Å². The molecule has 0 spiro atoms. The Bertz CT molecular complexity index is 611. The number of benzene rings is 1. The van der Waals surface area contributed by atoms with E-state index in [1.807, 2.05) is 17.7 Å². The molecule has 0 aliphatic heterocycles. The molecule has 1 heterocycles. The molecule has 1 atom stereocenters. The van der Waals surface area contributed by atoms with Gasteiger partial charge in [0.1, 0.15) is 0 Å². The van der Waals surface area contributed by atoms with Crippen molar-refractivity contribution in [2.45, 2.75) is 20.4 Å². The highest BCUT2D eigenvalue weighted by molar-refractivity contribution is 6.30. The van der Waals surface area contributed by atoms with E-state index in [1.165, 1.54) is 0 Å². The maximum Gasteiger partial charge on any atom is 0.319 e. The van der Waals surface area contributed by atoms with Crippen LogP contribution in [0.1, 0.15) is 12.6 Å². The molecule has 2 N–H and O–H groups in total. The SMILES string of the molecule is Cc1ccnn1CC(C)CNC(=O)Nc1cccc(Cl)c1. The van der Waals surface area contributed by atoms with Crippen molar-refractivity contribution in [1.29, 1.82) is 0 Å². The monoisotopic (exact) mass is 306 g/mol. The number of carbonyl (C=O) groups is 1. The van der Waals surface area contributed by atoms with E-state index in [9.17, 15) is 4.79 Å². The van der Waals surface area contributed by atoms with Crippen LogP contribution in [0.3, 0.4) is 0 Å². The van der Waals surface area contributed by atoms with E-state index in [4.69, 9.17) is 11.6 Å². The summed E-state index contributed by atoms with van der Waals surface area (Å²) in [4.78, 5) is 11.8. The van der Waals surface area contributed by atoms with E-state index in [-0.39, 0.29) is 11.9 Å². The van der Waals surface area contributed by atoms with Gasteiger partial charge in [-0.3, -0.25) is 4.68 Å². The number of rotatable bonds is 5. The molecule has 6 heteroatoms. The van der Waals surface area contributed by atoms with Crippen LogP contribution in [0.4, 0.5) is 10.5 Å². The fraction of sp³-hybridized carbons (Fsp3) is 0.333. The largest absolute Gasteiger partial charge is 0.338 e. The van der Waals surface area contributed by atoms with Crippen molar-refractivity contribution in [2.24, 2.45) is 5.92 Å². The number of amides is 2. The number of aryl methyl sites for hydroxylation is 1. The predicted molar refractivity (Wildman–Crippen MR) is 84.6 cm³/mol. The third-order valence-corrected chi connectivity index (χ3v) is 3.34. The first-order valence-electron chi connectivity index (χ1n) is 6.83. The highest BCUT2D eigenvalue weighted by Crippen LogP contribution is 2.14. The normalized spacial score (nSPS) is 12.0. The molecule has 0 radical (unpaired) electrons. The fourth-order valence-corrected chi connectivity index (χ4v) is 2.15. The van der Waals surface area contributed by atoms with Gasteiger partial charge in [-0.25, -0.2) is 4.79 Å². The van der Waals surface area contributed by atoms with Crippen LogP contribution in [0.2, 0.25) is 5.02 Å². The summed E-state index contributed by atoms with van der Waals surface area (Å²) >= 11 is 5.87. The van der Waals surface area contributed by atoms with Gasteiger partial charge in [-0.05, 0) is 37.1 Å². The molecule has 112 valence electrons.